The molecule has 5 nitrogen and oxygen atoms in total. The van der Waals surface area contributed by atoms with Gasteiger partial charge in [-0.05, 0) is 24.3 Å². The first-order valence-corrected chi connectivity index (χ1v) is 9.55. The maximum atomic E-state index is 12.9. The number of Topliss-reactive ketones (excluding diaryl/α,β-unsaturated/α-hetero) is 1. The molecule has 0 saturated heterocycles. The highest BCUT2D eigenvalue weighted by Gasteiger charge is 2.30. The molecule has 3 rings (SSSR count). The number of halogens is 3. The average molecular weight is 441 g/mol. The van der Waals surface area contributed by atoms with Gasteiger partial charge in [-0.25, -0.2) is 0 Å². The van der Waals surface area contributed by atoms with Gasteiger partial charge in [-0.3, -0.25) is 14.4 Å². The summed E-state index contributed by atoms with van der Waals surface area (Å²) >= 11 is 0. The van der Waals surface area contributed by atoms with Crippen molar-refractivity contribution < 1.29 is 32.3 Å². The van der Waals surface area contributed by atoms with Gasteiger partial charge < -0.3 is 10.1 Å². The van der Waals surface area contributed by atoms with Gasteiger partial charge in [0.15, 0.2) is 6.10 Å². The lowest BCUT2D eigenvalue weighted by atomic mass is 10.00. The zero-order valence-electron chi connectivity index (χ0n) is 16.6. The van der Waals surface area contributed by atoms with Crippen molar-refractivity contribution in [1.29, 1.82) is 0 Å². The molecule has 1 atom stereocenters. The van der Waals surface area contributed by atoms with Crippen molar-refractivity contribution in [2.75, 3.05) is 6.54 Å². The molecule has 32 heavy (non-hydrogen) atoms. The van der Waals surface area contributed by atoms with E-state index in [2.05, 4.69) is 5.32 Å². The van der Waals surface area contributed by atoms with Crippen LogP contribution >= 0.6 is 0 Å². The number of alkyl halides is 3. The summed E-state index contributed by atoms with van der Waals surface area (Å²) in [5.74, 6) is -2.05. The second kappa shape index (κ2) is 9.91. The molecule has 164 valence electrons. The second-order valence-electron chi connectivity index (χ2n) is 6.77. The number of ketones is 1. The zero-order valence-corrected chi connectivity index (χ0v) is 16.6. The van der Waals surface area contributed by atoms with Crippen molar-refractivity contribution in [3.05, 3.63) is 107 Å². The lowest BCUT2D eigenvalue weighted by molar-refractivity contribution is -0.146. The van der Waals surface area contributed by atoms with Gasteiger partial charge in [0.25, 0.3) is 5.91 Å². The second-order valence-corrected chi connectivity index (χ2v) is 6.77. The summed E-state index contributed by atoms with van der Waals surface area (Å²) in [5.41, 5.74) is -0.129. The third kappa shape index (κ3) is 5.81. The zero-order chi connectivity index (χ0) is 23.1. The molecular weight excluding hydrogens is 423 g/mol. The smallest absolute Gasteiger partial charge is 0.416 e. The molecule has 8 heteroatoms. The molecule has 1 unspecified atom stereocenters. The Labute approximate surface area is 181 Å². The third-order valence-electron chi connectivity index (χ3n) is 4.52. The van der Waals surface area contributed by atoms with Crippen LogP contribution in [0.2, 0.25) is 0 Å². The lowest BCUT2D eigenvalue weighted by Crippen LogP contribution is -2.32. The Morgan fingerprint density at radius 1 is 0.781 bits per heavy atom. The Morgan fingerprint density at radius 2 is 1.34 bits per heavy atom. The van der Waals surface area contributed by atoms with Crippen LogP contribution in [0.25, 0.3) is 0 Å². The summed E-state index contributed by atoms with van der Waals surface area (Å²) < 4.78 is 43.3. The molecule has 0 saturated carbocycles. The Balaban J connectivity index is 1.66. The molecule has 0 aliphatic carbocycles. The van der Waals surface area contributed by atoms with Crippen LogP contribution in [-0.4, -0.2) is 24.2 Å². The summed E-state index contributed by atoms with van der Waals surface area (Å²) in [6.45, 7) is -0.564. The minimum absolute atomic E-state index is 0.0502. The molecule has 0 heterocycles. The fraction of sp³-hybridized carbons (Fsp3) is 0.125. The van der Waals surface area contributed by atoms with Gasteiger partial charge in [0.05, 0.1) is 5.56 Å². The number of esters is 1. The number of benzene rings is 3. The molecule has 0 aliphatic rings. The monoisotopic (exact) mass is 441 g/mol. The van der Waals surface area contributed by atoms with Gasteiger partial charge in [-0.15, -0.1) is 0 Å². The third-order valence-corrected chi connectivity index (χ3v) is 4.52. The topological polar surface area (TPSA) is 72.5 Å². The number of carbonyl (C=O) groups is 3. The van der Waals surface area contributed by atoms with E-state index in [1.807, 2.05) is 0 Å². The molecule has 3 aromatic carbocycles. The molecule has 1 amide bonds. The molecule has 0 radical (unpaired) electrons. The standard InChI is InChI=1S/C24H18F3NO4/c25-24(26,27)19-13-11-18(12-14-19)23(31)28-15-20(29)32-22(17-9-5-2-6-10-17)21(30)16-7-3-1-4-8-16/h1-14,22H,15H2,(H,28,31). The lowest BCUT2D eigenvalue weighted by Gasteiger charge is -2.17. The van der Waals surface area contributed by atoms with Gasteiger partial charge in [0.1, 0.15) is 6.54 Å². The minimum atomic E-state index is -4.52. The Bertz CT molecular complexity index is 1080. The first kappa shape index (κ1) is 22.7. The first-order chi connectivity index (χ1) is 15.3. The van der Waals surface area contributed by atoms with Crippen molar-refractivity contribution in [2.24, 2.45) is 0 Å². The van der Waals surface area contributed by atoms with E-state index in [4.69, 9.17) is 4.74 Å². The van der Waals surface area contributed by atoms with E-state index >= 15 is 0 Å². The maximum absolute atomic E-state index is 12.9. The van der Waals surface area contributed by atoms with Crippen LogP contribution in [0.5, 0.6) is 0 Å². The van der Waals surface area contributed by atoms with Crippen LogP contribution in [0.15, 0.2) is 84.9 Å². The van der Waals surface area contributed by atoms with Crippen molar-refractivity contribution >= 4 is 17.7 Å². The van der Waals surface area contributed by atoms with Crippen molar-refractivity contribution in [2.45, 2.75) is 12.3 Å². The van der Waals surface area contributed by atoms with Gasteiger partial charge in [-0.2, -0.15) is 13.2 Å². The quantitative estimate of drug-likeness (QED) is 0.430. The van der Waals surface area contributed by atoms with Crippen LogP contribution in [0.4, 0.5) is 13.2 Å². The highest BCUT2D eigenvalue weighted by molar-refractivity contribution is 6.01. The predicted octanol–water partition coefficient (Wildman–Crippen LogP) is 4.60. The van der Waals surface area contributed by atoms with E-state index in [0.717, 1.165) is 24.3 Å². The molecule has 1 N–H and O–H groups in total. The molecule has 0 bridgehead atoms. The van der Waals surface area contributed by atoms with Crippen LogP contribution in [0.3, 0.4) is 0 Å². The van der Waals surface area contributed by atoms with Crippen LogP contribution in [-0.2, 0) is 15.7 Å². The minimum Gasteiger partial charge on any atom is -0.448 e. The van der Waals surface area contributed by atoms with E-state index in [0.29, 0.717) is 11.1 Å². The largest absolute Gasteiger partial charge is 0.448 e. The fourth-order valence-corrected chi connectivity index (χ4v) is 2.89. The predicted molar refractivity (Wildman–Crippen MR) is 110 cm³/mol. The molecule has 0 spiro atoms. The Hall–Kier alpha value is -3.94. The highest BCUT2D eigenvalue weighted by Crippen LogP contribution is 2.29. The van der Waals surface area contributed by atoms with Crippen LogP contribution < -0.4 is 5.32 Å². The molecule has 0 aliphatic heterocycles. The highest BCUT2D eigenvalue weighted by atomic mass is 19.4. The number of hydrogen-bond acceptors (Lipinski definition) is 4. The van der Waals surface area contributed by atoms with Gasteiger partial charge in [0.2, 0.25) is 5.78 Å². The van der Waals surface area contributed by atoms with E-state index in [1.54, 1.807) is 60.7 Å². The van der Waals surface area contributed by atoms with Gasteiger partial charge in [-0.1, -0.05) is 60.7 Å². The summed E-state index contributed by atoms with van der Waals surface area (Å²) in [5, 5.41) is 2.29. The summed E-state index contributed by atoms with van der Waals surface area (Å²) in [7, 11) is 0. The van der Waals surface area contributed by atoms with Crippen molar-refractivity contribution in [1.82, 2.24) is 5.32 Å². The average Bonchev–Trinajstić information content (AvgIpc) is 2.81. The van der Waals surface area contributed by atoms with Crippen molar-refractivity contribution in [3.63, 3.8) is 0 Å². The summed E-state index contributed by atoms with van der Waals surface area (Å²) in [4.78, 5) is 37.4. The summed E-state index contributed by atoms with van der Waals surface area (Å²) in [6.07, 6.45) is -5.73. The van der Waals surface area contributed by atoms with E-state index in [-0.39, 0.29) is 5.56 Å². The molecular formula is C24H18F3NO4. The van der Waals surface area contributed by atoms with Crippen LogP contribution in [0.1, 0.15) is 37.9 Å². The van der Waals surface area contributed by atoms with Crippen molar-refractivity contribution in [3.8, 4) is 0 Å². The number of rotatable bonds is 7. The van der Waals surface area contributed by atoms with Gasteiger partial charge >= 0.3 is 12.1 Å². The Morgan fingerprint density at radius 3 is 1.91 bits per heavy atom. The van der Waals surface area contributed by atoms with E-state index in [1.165, 1.54) is 0 Å². The Kier molecular flexibility index (Phi) is 7.04. The molecule has 3 aromatic rings. The molecule has 0 aromatic heterocycles. The summed E-state index contributed by atoms with van der Waals surface area (Å²) in [6, 6.07) is 20.3. The number of amides is 1. The number of nitrogens with one attached hydrogen (secondary N) is 1. The normalized spacial score (nSPS) is 12.0. The fourth-order valence-electron chi connectivity index (χ4n) is 2.89. The van der Waals surface area contributed by atoms with E-state index < -0.39 is 42.0 Å². The van der Waals surface area contributed by atoms with E-state index in [9.17, 15) is 27.6 Å². The molecule has 0 fully saturated rings. The van der Waals surface area contributed by atoms with Crippen LogP contribution in [0, 0.1) is 0 Å². The van der Waals surface area contributed by atoms with Gasteiger partial charge in [0, 0.05) is 16.7 Å². The number of hydrogen-bond donors (Lipinski definition) is 1. The maximum Gasteiger partial charge on any atom is 0.416 e. The SMILES string of the molecule is O=C(CNC(=O)c1ccc(C(F)(F)F)cc1)OC(C(=O)c1ccccc1)c1ccccc1. The number of ether oxygens (including phenoxy) is 1. The first-order valence-electron chi connectivity index (χ1n) is 9.55. The number of carbonyl (C=O) groups excluding carboxylic acids is 3.